The van der Waals surface area contributed by atoms with Crippen molar-refractivity contribution in [2.45, 2.75) is 44.9 Å². The molecule has 1 heterocycles. The van der Waals surface area contributed by atoms with Crippen LogP contribution in [0.15, 0.2) is 24.3 Å². The van der Waals surface area contributed by atoms with Crippen LogP contribution in [0.3, 0.4) is 0 Å². The molecule has 1 fully saturated rings. The zero-order valence-electron chi connectivity index (χ0n) is 13.7. The third-order valence-electron chi connectivity index (χ3n) is 4.19. The highest BCUT2D eigenvalue weighted by atomic mass is 19.3. The molecule has 1 aromatic rings. The van der Waals surface area contributed by atoms with Gasteiger partial charge in [0.2, 0.25) is 5.91 Å². The third kappa shape index (κ3) is 6.05. The molecule has 0 radical (unpaired) electrons. The number of carbonyl (C=O) groups is 1. The minimum atomic E-state index is -2.81. The molecule has 0 aliphatic carbocycles. The lowest BCUT2D eigenvalue weighted by molar-refractivity contribution is -0.121. The largest absolute Gasteiger partial charge is 0.435 e. The SMILES string of the molecule is NCCC(=O)NCC1CCCCN1Cc1ccc(OC(F)F)cc1. The molecule has 1 aliphatic rings. The highest BCUT2D eigenvalue weighted by molar-refractivity contribution is 5.76. The Morgan fingerprint density at radius 2 is 2.08 bits per heavy atom. The summed E-state index contributed by atoms with van der Waals surface area (Å²) < 4.78 is 28.7. The molecule has 1 saturated heterocycles. The number of carbonyl (C=O) groups excluding carboxylic acids is 1. The topological polar surface area (TPSA) is 67.6 Å². The first-order valence-corrected chi connectivity index (χ1v) is 8.33. The van der Waals surface area contributed by atoms with Crippen molar-refractivity contribution in [1.29, 1.82) is 0 Å². The summed E-state index contributed by atoms with van der Waals surface area (Å²) in [7, 11) is 0. The number of benzene rings is 1. The average molecular weight is 341 g/mol. The summed E-state index contributed by atoms with van der Waals surface area (Å²) in [6.45, 7) is -0.142. The number of amides is 1. The number of rotatable bonds is 8. The van der Waals surface area contributed by atoms with Gasteiger partial charge in [-0.25, -0.2) is 0 Å². The molecule has 1 unspecified atom stereocenters. The maximum absolute atomic E-state index is 12.2. The first-order chi connectivity index (χ1) is 11.6. The Labute approximate surface area is 141 Å². The van der Waals surface area contributed by atoms with Crippen LogP contribution >= 0.6 is 0 Å². The van der Waals surface area contributed by atoms with E-state index in [4.69, 9.17) is 5.73 Å². The van der Waals surface area contributed by atoms with Gasteiger partial charge in [-0.15, -0.1) is 0 Å². The van der Waals surface area contributed by atoms with Crippen LogP contribution in [-0.2, 0) is 11.3 Å². The lowest BCUT2D eigenvalue weighted by Gasteiger charge is -2.36. The van der Waals surface area contributed by atoms with Crippen LogP contribution in [-0.4, -0.2) is 43.1 Å². The number of hydrogen-bond acceptors (Lipinski definition) is 4. The number of nitrogens with zero attached hydrogens (tertiary/aromatic N) is 1. The van der Waals surface area contributed by atoms with Crippen LogP contribution in [0.1, 0.15) is 31.2 Å². The van der Waals surface area contributed by atoms with Gasteiger partial charge < -0.3 is 15.8 Å². The molecule has 0 aromatic heterocycles. The fourth-order valence-corrected chi connectivity index (χ4v) is 2.96. The van der Waals surface area contributed by atoms with Gasteiger partial charge in [0.25, 0.3) is 0 Å². The minimum Gasteiger partial charge on any atom is -0.435 e. The summed E-state index contributed by atoms with van der Waals surface area (Å²) in [5.41, 5.74) is 6.42. The van der Waals surface area contributed by atoms with Gasteiger partial charge in [-0.05, 0) is 37.1 Å². The Morgan fingerprint density at radius 3 is 2.75 bits per heavy atom. The van der Waals surface area contributed by atoms with Crippen molar-refractivity contribution in [2.75, 3.05) is 19.6 Å². The predicted octanol–water partition coefficient (Wildman–Crippen LogP) is 2.11. The van der Waals surface area contributed by atoms with E-state index >= 15 is 0 Å². The number of alkyl halides is 2. The van der Waals surface area contributed by atoms with E-state index in [2.05, 4.69) is 15.0 Å². The van der Waals surface area contributed by atoms with E-state index in [0.29, 0.717) is 19.5 Å². The Bertz CT molecular complexity index is 511. The normalized spacial score (nSPS) is 18.6. The van der Waals surface area contributed by atoms with E-state index in [1.54, 1.807) is 24.3 Å². The minimum absolute atomic E-state index is 0.0171. The van der Waals surface area contributed by atoms with Gasteiger partial charge in [0.05, 0.1) is 0 Å². The Morgan fingerprint density at radius 1 is 1.33 bits per heavy atom. The van der Waals surface area contributed by atoms with Crippen LogP contribution in [0.25, 0.3) is 0 Å². The first-order valence-electron chi connectivity index (χ1n) is 8.33. The zero-order valence-corrected chi connectivity index (χ0v) is 13.7. The van der Waals surface area contributed by atoms with Gasteiger partial charge in [-0.1, -0.05) is 18.6 Å². The van der Waals surface area contributed by atoms with Crippen LogP contribution in [0.5, 0.6) is 5.75 Å². The average Bonchev–Trinajstić information content (AvgIpc) is 2.56. The number of hydrogen-bond donors (Lipinski definition) is 2. The van der Waals surface area contributed by atoms with Crippen molar-refractivity contribution in [3.63, 3.8) is 0 Å². The van der Waals surface area contributed by atoms with E-state index < -0.39 is 6.61 Å². The fraction of sp³-hybridized carbons (Fsp3) is 0.588. The molecule has 7 heteroatoms. The number of ether oxygens (including phenoxy) is 1. The van der Waals surface area contributed by atoms with Gasteiger partial charge in [0.1, 0.15) is 5.75 Å². The third-order valence-corrected chi connectivity index (χ3v) is 4.19. The smallest absolute Gasteiger partial charge is 0.387 e. The summed E-state index contributed by atoms with van der Waals surface area (Å²) in [4.78, 5) is 13.9. The molecule has 0 spiro atoms. The quantitative estimate of drug-likeness (QED) is 0.760. The number of likely N-dealkylation sites (tertiary alicyclic amines) is 1. The molecule has 1 amide bonds. The fourth-order valence-electron chi connectivity index (χ4n) is 2.96. The van der Waals surface area contributed by atoms with Gasteiger partial charge >= 0.3 is 6.61 Å². The van der Waals surface area contributed by atoms with E-state index in [0.717, 1.165) is 37.9 Å². The van der Waals surface area contributed by atoms with Gasteiger partial charge in [0, 0.05) is 32.1 Å². The van der Waals surface area contributed by atoms with E-state index in [1.165, 1.54) is 0 Å². The molecular formula is C17H25F2N3O2. The van der Waals surface area contributed by atoms with Gasteiger partial charge in [0.15, 0.2) is 0 Å². The second kappa shape index (κ2) is 9.54. The highest BCUT2D eigenvalue weighted by Crippen LogP contribution is 2.21. The van der Waals surface area contributed by atoms with Crippen molar-refractivity contribution < 1.29 is 18.3 Å². The van der Waals surface area contributed by atoms with Crippen molar-refractivity contribution in [3.8, 4) is 5.75 Å². The predicted molar refractivity (Wildman–Crippen MR) is 87.8 cm³/mol. The standard InChI is InChI=1S/C17H25F2N3O2/c18-17(19)24-15-6-4-13(5-7-15)12-22-10-2-1-3-14(22)11-21-16(23)8-9-20/h4-7,14,17H,1-3,8-12,20H2,(H,21,23). The maximum Gasteiger partial charge on any atom is 0.387 e. The molecule has 0 bridgehead atoms. The van der Waals surface area contributed by atoms with Gasteiger partial charge in [-0.2, -0.15) is 8.78 Å². The monoisotopic (exact) mass is 341 g/mol. The number of halogens is 2. The Hall–Kier alpha value is -1.73. The van der Waals surface area contributed by atoms with Crippen LogP contribution in [0, 0.1) is 0 Å². The Kier molecular flexibility index (Phi) is 7.39. The molecule has 3 N–H and O–H groups in total. The molecule has 5 nitrogen and oxygen atoms in total. The molecule has 24 heavy (non-hydrogen) atoms. The van der Waals surface area contributed by atoms with Crippen molar-refractivity contribution in [1.82, 2.24) is 10.2 Å². The molecule has 2 rings (SSSR count). The lowest BCUT2D eigenvalue weighted by atomic mass is 10.0. The second-order valence-electron chi connectivity index (χ2n) is 5.99. The lowest BCUT2D eigenvalue weighted by Crippen LogP contribution is -2.46. The molecule has 0 saturated carbocycles. The Balaban J connectivity index is 1.89. The summed E-state index contributed by atoms with van der Waals surface area (Å²) in [6.07, 6.45) is 3.66. The van der Waals surface area contributed by atoms with Crippen LogP contribution in [0.2, 0.25) is 0 Å². The maximum atomic E-state index is 12.2. The molecular weight excluding hydrogens is 316 g/mol. The molecule has 1 aromatic carbocycles. The number of piperidine rings is 1. The summed E-state index contributed by atoms with van der Waals surface area (Å²) in [5.74, 6) is 0.148. The number of nitrogens with one attached hydrogen (secondary N) is 1. The molecule has 1 atom stereocenters. The molecule has 1 aliphatic heterocycles. The summed E-state index contributed by atoms with van der Waals surface area (Å²) in [6, 6.07) is 7.01. The van der Waals surface area contributed by atoms with Crippen LogP contribution in [0.4, 0.5) is 8.78 Å². The summed E-state index contributed by atoms with van der Waals surface area (Å²) >= 11 is 0. The van der Waals surface area contributed by atoms with E-state index in [9.17, 15) is 13.6 Å². The van der Waals surface area contributed by atoms with Crippen LogP contribution < -0.4 is 15.8 Å². The first kappa shape index (κ1) is 18.6. The van der Waals surface area contributed by atoms with Gasteiger partial charge in [-0.3, -0.25) is 9.69 Å². The molecule has 134 valence electrons. The van der Waals surface area contributed by atoms with E-state index in [1.807, 2.05) is 0 Å². The number of nitrogens with two attached hydrogens (primary N) is 1. The van der Waals surface area contributed by atoms with Crippen molar-refractivity contribution in [2.24, 2.45) is 5.73 Å². The van der Waals surface area contributed by atoms with E-state index in [-0.39, 0.29) is 17.7 Å². The summed E-state index contributed by atoms with van der Waals surface area (Å²) in [5, 5.41) is 2.94. The second-order valence-corrected chi connectivity index (χ2v) is 5.99. The zero-order chi connectivity index (χ0) is 17.4. The highest BCUT2D eigenvalue weighted by Gasteiger charge is 2.22. The van der Waals surface area contributed by atoms with Crippen molar-refractivity contribution in [3.05, 3.63) is 29.8 Å². The van der Waals surface area contributed by atoms with Crippen molar-refractivity contribution >= 4 is 5.91 Å².